The molecule has 2 atom stereocenters. The average Bonchev–Trinajstić information content (AvgIpc) is 2.51. The summed E-state index contributed by atoms with van der Waals surface area (Å²) in [6, 6.07) is 4.52. The summed E-state index contributed by atoms with van der Waals surface area (Å²) >= 11 is 0. The minimum absolute atomic E-state index is 0.0456. The number of carbonyl (C=O) groups excluding carboxylic acids is 2. The van der Waals surface area contributed by atoms with E-state index in [-0.39, 0.29) is 23.9 Å². The van der Waals surface area contributed by atoms with Crippen LogP contribution in [-0.4, -0.2) is 18.0 Å². The smallest absolute Gasteiger partial charge is 0.312 e. The Bertz CT molecular complexity index is 537. The number of nitrogens with two attached hydrogens (primary N) is 1. The standard InChI is InChI=1S/C18H28FN3O2/c1-3-4-5-6-9-13(2)21-17(23)12-16(22-18(20)24)14-10-7-8-11-15(14)19/h7-8,10-11,13,16H,3-6,9,12H2,1-2H3,(H,21,23)(H3,20,22,24). The van der Waals surface area contributed by atoms with Gasteiger partial charge in [0.2, 0.25) is 5.91 Å². The van der Waals surface area contributed by atoms with E-state index in [1.807, 2.05) is 6.92 Å². The van der Waals surface area contributed by atoms with E-state index in [4.69, 9.17) is 5.73 Å². The van der Waals surface area contributed by atoms with Crippen LogP contribution in [0.15, 0.2) is 24.3 Å². The third-order valence-electron chi connectivity index (χ3n) is 3.88. The number of primary amides is 1. The number of unbranched alkanes of at least 4 members (excludes halogenated alkanes) is 3. The number of urea groups is 1. The molecule has 24 heavy (non-hydrogen) atoms. The summed E-state index contributed by atoms with van der Waals surface area (Å²) < 4.78 is 13.9. The summed E-state index contributed by atoms with van der Waals surface area (Å²) in [5.74, 6) is -0.711. The van der Waals surface area contributed by atoms with E-state index in [9.17, 15) is 14.0 Å². The lowest BCUT2D eigenvalue weighted by Crippen LogP contribution is -2.39. The van der Waals surface area contributed by atoms with Crippen molar-refractivity contribution in [2.45, 2.75) is 64.5 Å². The summed E-state index contributed by atoms with van der Waals surface area (Å²) in [5, 5.41) is 5.34. The van der Waals surface area contributed by atoms with Crippen molar-refractivity contribution in [3.05, 3.63) is 35.6 Å². The molecule has 0 aliphatic rings. The molecule has 0 aliphatic carbocycles. The molecule has 1 rings (SSSR count). The average molecular weight is 337 g/mol. The molecule has 6 heteroatoms. The molecule has 0 heterocycles. The fraction of sp³-hybridized carbons (Fsp3) is 0.556. The maximum Gasteiger partial charge on any atom is 0.312 e. The van der Waals surface area contributed by atoms with Crippen LogP contribution in [0.2, 0.25) is 0 Å². The van der Waals surface area contributed by atoms with Crippen molar-refractivity contribution in [3.8, 4) is 0 Å². The molecule has 0 radical (unpaired) electrons. The lowest BCUT2D eigenvalue weighted by Gasteiger charge is -2.20. The lowest BCUT2D eigenvalue weighted by atomic mass is 10.0. The summed E-state index contributed by atoms with van der Waals surface area (Å²) in [6.45, 7) is 4.10. The van der Waals surface area contributed by atoms with Crippen molar-refractivity contribution in [2.75, 3.05) is 0 Å². The van der Waals surface area contributed by atoms with E-state index in [1.165, 1.54) is 25.0 Å². The van der Waals surface area contributed by atoms with E-state index in [0.29, 0.717) is 0 Å². The first-order valence-corrected chi connectivity index (χ1v) is 8.53. The maximum atomic E-state index is 13.9. The van der Waals surface area contributed by atoms with Crippen LogP contribution in [0.1, 0.15) is 64.0 Å². The van der Waals surface area contributed by atoms with E-state index < -0.39 is 17.9 Å². The van der Waals surface area contributed by atoms with Crippen LogP contribution in [0.25, 0.3) is 0 Å². The van der Waals surface area contributed by atoms with Gasteiger partial charge < -0.3 is 16.4 Å². The molecule has 2 unspecified atom stereocenters. The van der Waals surface area contributed by atoms with E-state index in [2.05, 4.69) is 17.6 Å². The molecule has 134 valence electrons. The highest BCUT2D eigenvalue weighted by molar-refractivity contribution is 5.79. The monoisotopic (exact) mass is 337 g/mol. The van der Waals surface area contributed by atoms with Gasteiger partial charge in [-0.2, -0.15) is 0 Å². The lowest BCUT2D eigenvalue weighted by molar-refractivity contribution is -0.122. The largest absolute Gasteiger partial charge is 0.354 e. The molecule has 0 aliphatic heterocycles. The maximum absolute atomic E-state index is 13.9. The van der Waals surface area contributed by atoms with Gasteiger partial charge in [-0.3, -0.25) is 4.79 Å². The van der Waals surface area contributed by atoms with Crippen molar-refractivity contribution >= 4 is 11.9 Å². The van der Waals surface area contributed by atoms with E-state index >= 15 is 0 Å². The third kappa shape index (κ3) is 7.44. The molecule has 0 bridgehead atoms. The fourth-order valence-corrected chi connectivity index (χ4v) is 2.64. The Morgan fingerprint density at radius 2 is 1.88 bits per heavy atom. The van der Waals surface area contributed by atoms with Gasteiger partial charge in [0.1, 0.15) is 5.82 Å². The summed E-state index contributed by atoms with van der Waals surface area (Å²) in [7, 11) is 0. The quantitative estimate of drug-likeness (QED) is 0.572. The summed E-state index contributed by atoms with van der Waals surface area (Å²) in [6.07, 6.45) is 5.42. The van der Waals surface area contributed by atoms with Crippen molar-refractivity contribution in [1.29, 1.82) is 0 Å². The highest BCUT2D eigenvalue weighted by atomic mass is 19.1. The van der Waals surface area contributed by atoms with Crippen LogP contribution in [-0.2, 0) is 4.79 Å². The van der Waals surface area contributed by atoms with Crippen LogP contribution in [0.4, 0.5) is 9.18 Å². The molecule has 0 aromatic heterocycles. The van der Waals surface area contributed by atoms with Gasteiger partial charge in [-0.15, -0.1) is 0 Å². The number of amides is 3. The van der Waals surface area contributed by atoms with Crippen molar-refractivity contribution < 1.29 is 14.0 Å². The second kappa shape index (κ2) is 10.6. The molecular formula is C18H28FN3O2. The first-order valence-electron chi connectivity index (χ1n) is 8.53. The number of rotatable bonds is 10. The van der Waals surface area contributed by atoms with Crippen molar-refractivity contribution in [3.63, 3.8) is 0 Å². The molecule has 4 N–H and O–H groups in total. The van der Waals surface area contributed by atoms with Crippen LogP contribution < -0.4 is 16.4 Å². The number of hydrogen-bond donors (Lipinski definition) is 3. The second-order valence-electron chi connectivity index (χ2n) is 6.10. The Morgan fingerprint density at radius 1 is 1.17 bits per heavy atom. The van der Waals surface area contributed by atoms with Gasteiger partial charge in [-0.1, -0.05) is 50.8 Å². The molecule has 0 saturated heterocycles. The number of benzene rings is 1. The van der Waals surface area contributed by atoms with E-state index in [0.717, 1.165) is 19.3 Å². The van der Waals surface area contributed by atoms with Gasteiger partial charge in [0.25, 0.3) is 0 Å². The molecular weight excluding hydrogens is 309 g/mol. The molecule has 1 aromatic rings. The molecule has 3 amide bonds. The minimum atomic E-state index is -0.788. The molecule has 0 fully saturated rings. The zero-order valence-corrected chi connectivity index (χ0v) is 14.5. The van der Waals surface area contributed by atoms with Gasteiger partial charge >= 0.3 is 6.03 Å². The highest BCUT2D eigenvalue weighted by Crippen LogP contribution is 2.20. The van der Waals surface area contributed by atoms with Gasteiger partial charge in [-0.25, -0.2) is 9.18 Å². The topological polar surface area (TPSA) is 84.2 Å². The highest BCUT2D eigenvalue weighted by Gasteiger charge is 2.21. The fourth-order valence-electron chi connectivity index (χ4n) is 2.64. The van der Waals surface area contributed by atoms with Crippen molar-refractivity contribution in [2.24, 2.45) is 5.73 Å². The van der Waals surface area contributed by atoms with Crippen LogP contribution in [0, 0.1) is 5.82 Å². The zero-order valence-electron chi connectivity index (χ0n) is 14.5. The molecule has 0 spiro atoms. The first-order chi connectivity index (χ1) is 11.4. The zero-order chi connectivity index (χ0) is 17.9. The first kappa shape index (κ1) is 19.9. The predicted molar refractivity (Wildman–Crippen MR) is 92.8 cm³/mol. The normalized spacial score (nSPS) is 13.1. The number of halogens is 1. The van der Waals surface area contributed by atoms with Crippen LogP contribution >= 0.6 is 0 Å². The van der Waals surface area contributed by atoms with Crippen molar-refractivity contribution in [1.82, 2.24) is 10.6 Å². The minimum Gasteiger partial charge on any atom is -0.354 e. The predicted octanol–water partition coefficient (Wildman–Crippen LogP) is 3.40. The summed E-state index contributed by atoms with van der Waals surface area (Å²) in [4.78, 5) is 23.4. The third-order valence-corrected chi connectivity index (χ3v) is 3.88. The number of carbonyl (C=O) groups is 2. The molecule has 1 aromatic carbocycles. The Balaban J connectivity index is 2.58. The Morgan fingerprint density at radius 3 is 2.50 bits per heavy atom. The Kier molecular flexibility index (Phi) is 8.83. The molecule has 0 saturated carbocycles. The second-order valence-corrected chi connectivity index (χ2v) is 6.10. The number of nitrogens with one attached hydrogen (secondary N) is 2. The van der Waals surface area contributed by atoms with Crippen LogP contribution in [0.3, 0.4) is 0 Å². The van der Waals surface area contributed by atoms with E-state index in [1.54, 1.807) is 12.1 Å². The number of hydrogen-bond acceptors (Lipinski definition) is 2. The SMILES string of the molecule is CCCCCCC(C)NC(=O)CC(NC(N)=O)c1ccccc1F. The Labute approximate surface area is 143 Å². The van der Waals surface area contributed by atoms with Gasteiger partial charge in [0.15, 0.2) is 0 Å². The van der Waals surface area contributed by atoms with Crippen LogP contribution in [0.5, 0.6) is 0 Å². The van der Waals surface area contributed by atoms with Gasteiger partial charge in [-0.05, 0) is 19.4 Å². The van der Waals surface area contributed by atoms with Gasteiger partial charge in [0, 0.05) is 11.6 Å². The Hall–Kier alpha value is -2.11. The van der Waals surface area contributed by atoms with Gasteiger partial charge in [0.05, 0.1) is 12.5 Å². The summed E-state index contributed by atoms with van der Waals surface area (Å²) in [5.41, 5.74) is 5.40. The molecule has 5 nitrogen and oxygen atoms in total.